The number of aryl methyl sites for hydroxylation is 2. The summed E-state index contributed by atoms with van der Waals surface area (Å²) in [6.45, 7) is 4.45. The summed E-state index contributed by atoms with van der Waals surface area (Å²) in [5.41, 5.74) is 9.02. The summed E-state index contributed by atoms with van der Waals surface area (Å²) in [6, 6.07) is 5.30. The molecule has 0 unspecified atom stereocenters. The van der Waals surface area contributed by atoms with Gasteiger partial charge in [-0.3, -0.25) is 4.79 Å². The number of carbonyl (C=O) groups is 1. The molecule has 0 spiro atoms. The van der Waals surface area contributed by atoms with E-state index in [-0.39, 0.29) is 5.91 Å². The van der Waals surface area contributed by atoms with Gasteiger partial charge in [0, 0.05) is 35.3 Å². The maximum absolute atomic E-state index is 11.9. The number of nitrogen functional groups attached to an aromatic ring is 1. The average molecular weight is 275 g/mol. The van der Waals surface area contributed by atoms with E-state index in [4.69, 9.17) is 5.73 Å². The van der Waals surface area contributed by atoms with Crippen molar-refractivity contribution >= 4 is 22.9 Å². The first-order chi connectivity index (χ1) is 9.06. The third kappa shape index (κ3) is 3.54. The summed E-state index contributed by atoms with van der Waals surface area (Å²) in [5, 5.41) is 5.95. The van der Waals surface area contributed by atoms with Crippen molar-refractivity contribution in [2.45, 2.75) is 20.3 Å². The van der Waals surface area contributed by atoms with Gasteiger partial charge in [-0.1, -0.05) is 0 Å². The zero-order chi connectivity index (χ0) is 13.8. The van der Waals surface area contributed by atoms with Crippen molar-refractivity contribution in [3.63, 3.8) is 0 Å². The van der Waals surface area contributed by atoms with Crippen LogP contribution in [0, 0.1) is 13.8 Å². The molecule has 19 heavy (non-hydrogen) atoms. The zero-order valence-electron chi connectivity index (χ0n) is 11.1. The van der Waals surface area contributed by atoms with Gasteiger partial charge >= 0.3 is 0 Å². The Bertz CT molecular complexity index is 592. The summed E-state index contributed by atoms with van der Waals surface area (Å²) in [5.74, 6) is -0.0728. The molecule has 0 saturated carbocycles. The average Bonchev–Trinajstić information content (AvgIpc) is 2.78. The Morgan fingerprint density at radius 2 is 2.21 bits per heavy atom. The van der Waals surface area contributed by atoms with Gasteiger partial charge in [-0.15, -0.1) is 11.3 Å². The molecular weight excluding hydrogens is 258 g/mol. The first-order valence-corrected chi connectivity index (χ1v) is 6.99. The Morgan fingerprint density at radius 1 is 1.42 bits per heavy atom. The van der Waals surface area contributed by atoms with Crippen LogP contribution in [0.15, 0.2) is 23.6 Å². The number of thiazole rings is 1. The molecule has 2 rings (SSSR count). The number of rotatable bonds is 4. The van der Waals surface area contributed by atoms with Gasteiger partial charge in [0.2, 0.25) is 0 Å². The van der Waals surface area contributed by atoms with Crippen LogP contribution in [0.3, 0.4) is 0 Å². The lowest BCUT2D eigenvalue weighted by atomic mass is 10.1. The van der Waals surface area contributed by atoms with E-state index >= 15 is 0 Å². The number of nitrogens with two attached hydrogens (primary N) is 1. The van der Waals surface area contributed by atoms with Crippen molar-refractivity contribution in [1.29, 1.82) is 0 Å². The van der Waals surface area contributed by atoms with Crippen LogP contribution in [0.2, 0.25) is 0 Å². The molecule has 5 heteroatoms. The highest BCUT2D eigenvalue weighted by molar-refractivity contribution is 7.09. The molecule has 0 saturated heterocycles. The molecular formula is C14H17N3OS. The van der Waals surface area contributed by atoms with Gasteiger partial charge in [0.25, 0.3) is 5.91 Å². The van der Waals surface area contributed by atoms with Crippen LogP contribution in [0.1, 0.15) is 26.6 Å². The quantitative estimate of drug-likeness (QED) is 0.841. The van der Waals surface area contributed by atoms with Gasteiger partial charge in [0.15, 0.2) is 0 Å². The van der Waals surface area contributed by atoms with Gasteiger partial charge in [-0.2, -0.15) is 0 Å². The molecule has 3 N–H and O–H groups in total. The molecule has 1 aromatic carbocycles. The maximum Gasteiger partial charge on any atom is 0.251 e. The number of benzene rings is 1. The fourth-order valence-electron chi connectivity index (χ4n) is 1.72. The Kier molecular flexibility index (Phi) is 4.16. The first-order valence-electron chi connectivity index (χ1n) is 6.11. The number of hydrogen-bond acceptors (Lipinski definition) is 4. The number of hydrogen-bond donors (Lipinski definition) is 2. The molecule has 100 valence electrons. The standard InChI is InChI=1S/C14H17N3OS/c1-9-7-11(3-4-12(9)15)14(18)16-6-5-13-17-10(2)8-19-13/h3-4,7-8H,5-6,15H2,1-2H3,(H,16,18). The minimum atomic E-state index is -0.0728. The number of carbonyl (C=O) groups excluding carboxylic acids is 1. The number of anilines is 1. The second-order valence-corrected chi connectivity index (χ2v) is 5.40. The Balaban J connectivity index is 1.89. The van der Waals surface area contributed by atoms with Gasteiger partial charge in [-0.25, -0.2) is 4.98 Å². The normalized spacial score (nSPS) is 10.4. The Labute approximate surface area is 116 Å². The van der Waals surface area contributed by atoms with Crippen molar-refractivity contribution in [2.75, 3.05) is 12.3 Å². The minimum Gasteiger partial charge on any atom is -0.399 e. The van der Waals surface area contributed by atoms with E-state index in [1.807, 2.05) is 19.2 Å². The van der Waals surface area contributed by atoms with Crippen LogP contribution in [-0.2, 0) is 6.42 Å². The molecule has 1 heterocycles. The van der Waals surface area contributed by atoms with E-state index in [2.05, 4.69) is 10.3 Å². The lowest BCUT2D eigenvalue weighted by Crippen LogP contribution is -2.25. The van der Waals surface area contributed by atoms with Crippen LogP contribution < -0.4 is 11.1 Å². The topological polar surface area (TPSA) is 68.0 Å². The maximum atomic E-state index is 11.9. The summed E-state index contributed by atoms with van der Waals surface area (Å²) >= 11 is 1.62. The fourth-order valence-corrected chi connectivity index (χ4v) is 2.50. The van der Waals surface area contributed by atoms with Crippen molar-refractivity contribution in [2.24, 2.45) is 0 Å². The highest BCUT2D eigenvalue weighted by atomic mass is 32.1. The summed E-state index contributed by atoms with van der Waals surface area (Å²) in [6.07, 6.45) is 0.762. The van der Waals surface area contributed by atoms with Crippen LogP contribution >= 0.6 is 11.3 Å². The van der Waals surface area contributed by atoms with Crippen molar-refractivity contribution in [1.82, 2.24) is 10.3 Å². The van der Waals surface area contributed by atoms with E-state index in [0.717, 1.165) is 22.7 Å². The van der Waals surface area contributed by atoms with Crippen LogP contribution in [0.25, 0.3) is 0 Å². The molecule has 0 atom stereocenters. The van der Waals surface area contributed by atoms with Crippen LogP contribution in [0.5, 0.6) is 0 Å². The zero-order valence-corrected chi connectivity index (χ0v) is 11.9. The van der Waals surface area contributed by atoms with Gasteiger partial charge < -0.3 is 11.1 Å². The van der Waals surface area contributed by atoms with Gasteiger partial charge in [0.1, 0.15) is 0 Å². The fraction of sp³-hybridized carbons (Fsp3) is 0.286. The Morgan fingerprint density at radius 3 is 2.84 bits per heavy atom. The number of nitrogens with one attached hydrogen (secondary N) is 1. The largest absolute Gasteiger partial charge is 0.399 e. The van der Waals surface area contributed by atoms with Gasteiger partial charge in [0.05, 0.1) is 5.01 Å². The van der Waals surface area contributed by atoms with Crippen molar-refractivity contribution < 1.29 is 4.79 Å². The lowest BCUT2D eigenvalue weighted by molar-refractivity contribution is 0.0954. The third-order valence-corrected chi connectivity index (χ3v) is 3.85. The Hall–Kier alpha value is -1.88. The summed E-state index contributed by atoms with van der Waals surface area (Å²) < 4.78 is 0. The van der Waals surface area contributed by atoms with Crippen molar-refractivity contribution in [3.05, 3.63) is 45.4 Å². The molecule has 0 fully saturated rings. The van der Waals surface area contributed by atoms with E-state index in [1.54, 1.807) is 29.5 Å². The summed E-state index contributed by atoms with van der Waals surface area (Å²) in [4.78, 5) is 16.3. The van der Waals surface area contributed by atoms with Crippen LogP contribution in [0.4, 0.5) is 5.69 Å². The number of aromatic nitrogens is 1. The molecule has 0 bridgehead atoms. The second-order valence-electron chi connectivity index (χ2n) is 4.46. The SMILES string of the molecule is Cc1csc(CCNC(=O)c2ccc(N)c(C)c2)n1. The minimum absolute atomic E-state index is 0.0728. The number of nitrogens with zero attached hydrogens (tertiary/aromatic N) is 1. The predicted molar refractivity (Wildman–Crippen MR) is 78.5 cm³/mol. The highest BCUT2D eigenvalue weighted by Gasteiger charge is 2.07. The second kappa shape index (κ2) is 5.84. The molecule has 0 aliphatic carbocycles. The monoisotopic (exact) mass is 275 g/mol. The molecule has 2 aromatic rings. The third-order valence-electron chi connectivity index (χ3n) is 2.82. The highest BCUT2D eigenvalue weighted by Crippen LogP contribution is 2.12. The molecule has 0 aliphatic rings. The number of amides is 1. The molecule has 1 amide bonds. The van der Waals surface area contributed by atoms with E-state index in [1.165, 1.54) is 0 Å². The molecule has 4 nitrogen and oxygen atoms in total. The van der Waals surface area contributed by atoms with Gasteiger partial charge in [-0.05, 0) is 37.6 Å². The summed E-state index contributed by atoms with van der Waals surface area (Å²) in [7, 11) is 0. The van der Waals surface area contributed by atoms with Crippen molar-refractivity contribution in [3.8, 4) is 0 Å². The smallest absolute Gasteiger partial charge is 0.251 e. The van der Waals surface area contributed by atoms with E-state index in [0.29, 0.717) is 17.8 Å². The first kappa shape index (κ1) is 13.5. The lowest BCUT2D eigenvalue weighted by Gasteiger charge is -2.06. The van der Waals surface area contributed by atoms with E-state index < -0.39 is 0 Å². The molecule has 0 radical (unpaired) electrons. The van der Waals surface area contributed by atoms with E-state index in [9.17, 15) is 4.79 Å². The molecule has 0 aliphatic heterocycles. The predicted octanol–water partition coefficient (Wildman–Crippen LogP) is 2.31. The molecule has 1 aromatic heterocycles. The van der Waals surface area contributed by atoms with Crippen LogP contribution in [-0.4, -0.2) is 17.4 Å².